The molecule has 0 unspecified atom stereocenters. The molecule has 0 bridgehead atoms. The number of nitrogens with one attached hydrogen (secondary N) is 1. The molecule has 2 atom stereocenters. The van der Waals surface area contributed by atoms with E-state index in [-0.39, 0.29) is 11.5 Å². The van der Waals surface area contributed by atoms with Crippen molar-refractivity contribution in [3.05, 3.63) is 35.4 Å². The summed E-state index contributed by atoms with van der Waals surface area (Å²) in [6, 6.07) is 1.26. The highest BCUT2D eigenvalue weighted by Crippen LogP contribution is 2.11. The van der Waals surface area contributed by atoms with Crippen molar-refractivity contribution in [2.24, 2.45) is 5.92 Å². The van der Waals surface area contributed by atoms with Gasteiger partial charge in [0.15, 0.2) is 0 Å². The molecule has 0 heterocycles. The van der Waals surface area contributed by atoms with Gasteiger partial charge in [-0.2, -0.15) is 0 Å². The predicted molar refractivity (Wildman–Crippen MR) is 64.7 cm³/mol. The Morgan fingerprint density at radius 2 is 1.79 bits per heavy atom. The molecule has 1 aromatic rings. The molecule has 0 aliphatic rings. The van der Waals surface area contributed by atoms with Crippen molar-refractivity contribution >= 4 is 11.9 Å². The van der Waals surface area contributed by atoms with Crippen LogP contribution in [0.5, 0.6) is 0 Å². The van der Waals surface area contributed by atoms with E-state index in [4.69, 9.17) is 5.11 Å². The third kappa shape index (κ3) is 4.01. The summed E-state index contributed by atoms with van der Waals surface area (Å²) in [6.07, 6.45) is 0.550. The summed E-state index contributed by atoms with van der Waals surface area (Å²) < 4.78 is 25.9. The minimum atomic E-state index is -1.18. The van der Waals surface area contributed by atoms with Gasteiger partial charge in [0.05, 0.1) is 0 Å². The minimum Gasteiger partial charge on any atom is -0.480 e. The van der Waals surface area contributed by atoms with Crippen LogP contribution >= 0.6 is 0 Å². The molecule has 0 aromatic heterocycles. The number of carboxylic acid groups (broad SMARTS) is 1. The van der Waals surface area contributed by atoms with Crippen molar-refractivity contribution in [3.63, 3.8) is 0 Å². The first-order chi connectivity index (χ1) is 8.85. The van der Waals surface area contributed by atoms with Crippen LogP contribution in [0, 0.1) is 17.6 Å². The third-order valence-corrected chi connectivity index (χ3v) is 2.89. The van der Waals surface area contributed by atoms with E-state index in [1.807, 2.05) is 0 Å². The van der Waals surface area contributed by atoms with Gasteiger partial charge in [-0.1, -0.05) is 20.3 Å². The zero-order chi connectivity index (χ0) is 14.6. The van der Waals surface area contributed by atoms with E-state index >= 15 is 0 Å². The highest BCUT2D eigenvalue weighted by molar-refractivity contribution is 5.96. The van der Waals surface area contributed by atoms with Crippen molar-refractivity contribution in [2.75, 3.05) is 0 Å². The number of rotatable bonds is 5. The van der Waals surface area contributed by atoms with Crippen molar-refractivity contribution in [3.8, 4) is 0 Å². The van der Waals surface area contributed by atoms with Crippen LogP contribution < -0.4 is 5.32 Å². The van der Waals surface area contributed by atoms with Crippen LogP contribution in [-0.4, -0.2) is 23.0 Å². The average Bonchev–Trinajstić information content (AvgIpc) is 2.33. The Kier molecular flexibility index (Phi) is 4.97. The number of benzene rings is 1. The van der Waals surface area contributed by atoms with Crippen LogP contribution in [0.3, 0.4) is 0 Å². The van der Waals surface area contributed by atoms with Gasteiger partial charge in [-0.05, 0) is 18.1 Å². The third-order valence-electron chi connectivity index (χ3n) is 2.89. The van der Waals surface area contributed by atoms with Gasteiger partial charge in [-0.3, -0.25) is 4.79 Å². The van der Waals surface area contributed by atoms with Crippen LogP contribution in [0.25, 0.3) is 0 Å². The zero-order valence-electron chi connectivity index (χ0n) is 10.6. The van der Waals surface area contributed by atoms with Crippen LogP contribution in [-0.2, 0) is 4.79 Å². The molecule has 0 spiro atoms. The molecular formula is C13H15F2NO3. The van der Waals surface area contributed by atoms with Crippen LogP contribution in [0.4, 0.5) is 8.78 Å². The largest absolute Gasteiger partial charge is 0.480 e. The second-order valence-electron chi connectivity index (χ2n) is 4.33. The average molecular weight is 271 g/mol. The summed E-state index contributed by atoms with van der Waals surface area (Å²) in [7, 11) is 0. The fourth-order valence-electron chi connectivity index (χ4n) is 1.59. The molecule has 6 heteroatoms. The molecule has 1 amide bonds. The number of carboxylic acids is 1. The second-order valence-corrected chi connectivity index (χ2v) is 4.33. The molecule has 2 N–H and O–H groups in total. The first-order valence-corrected chi connectivity index (χ1v) is 5.85. The number of carbonyl (C=O) groups excluding carboxylic acids is 1. The van der Waals surface area contributed by atoms with Gasteiger partial charge in [0.2, 0.25) is 0 Å². The fraction of sp³-hybridized carbons (Fsp3) is 0.385. The maximum Gasteiger partial charge on any atom is 0.326 e. The standard InChI is InChI=1S/C13H15F2NO3/c1-3-7(2)11(13(18)19)16-12(17)8-4-9(14)6-10(15)5-8/h4-7,11H,3H2,1-2H3,(H,16,17)(H,18,19)/t7-,11+/m0/s1. The number of carbonyl (C=O) groups is 2. The molecule has 19 heavy (non-hydrogen) atoms. The second kappa shape index (κ2) is 6.26. The van der Waals surface area contributed by atoms with Gasteiger partial charge in [0, 0.05) is 11.6 Å². The Bertz CT molecular complexity index is 471. The van der Waals surface area contributed by atoms with Gasteiger partial charge in [-0.25, -0.2) is 13.6 Å². The first-order valence-electron chi connectivity index (χ1n) is 5.85. The van der Waals surface area contributed by atoms with Gasteiger partial charge in [0.1, 0.15) is 17.7 Å². The number of aliphatic carboxylic acids is 1. The van der Waals surface area contributed by atoms with Gasteiger partial charge >= 0.3 is 5.97 Å². The van der Waals surface area contributed by atoms with Crippen LogP contribution in [0.2, 0.25) is 0 Å². The van der Waals surface area contributed by atoms with E-state index in [0.29, 0.717) is 12.5 Å². The number of hydrogen-bond donors (Lipinski definition) is 2. The summed E-state index contributed by atoms with van der Waals surface area (Å²) in [5.41, 5.74) is -0.243. The Balaban J connectivity index is 2.90. The SMILES string of the molecule is CC[C@H](C)[C@@H](NC(=O)c1cc(F)cc(F)c1)C(=O)O. The van der Waals surface area contributed by atoms with E-state index in [2.05, 4.69) is 5.32 Å². The summed E-state index contributed by atoms with van der Waals surface area (Å²) in [6.45, 7) is 3.46. The van der Waals surface area contributed by atoms with Crippen molar-refractivity contribution < 1.29 is 23.5 Å². The molecule has 104 valence electrons. The monoisotopic (exact) mass is 271 g/mol. The maximum atomic E-state index is 13.0. The molecular weight excluding hydrogens is 256 g/mol. The van der Waals surface area contributed by atoms with E-state index < -0.39 is 29.6 Å². The predicted octanol–water partition coefficient (Wildman–Crippen LogP) is 2.19. The lowest BCUT2D eigenvalue weighted by Gasteiger charge is -2.20. The number of halogens is 2. The first kappa shape index (κ1) is 15.1. The lowest BCUT2D eigenvalue weighted by Crippen LogP contribution is -2.45. The molecule has 0 saturated carbocycles. The molecule has 0 aliphatic heterocycles. The van der Waals surface area contributed by atoms with E-state index in [1.165, 1.54) is 0 Å². The Morgan fingerprint density at radius 1 is 1.26 bits per heavy atom. The fourth-order valence-corrected chi connectivity index (χ4v) is 1.59. The highest BCUT2D eigenvalue weighted by atomic mass is 19.1. The quantitative estimate of drug-likeness (QED) is 0.862. The minimum absolute atomic E-state index is 0.243. The van der Waals surface area contributed by atoms with Crippen molar-refractivity contribution in [1.29, 1.82) is 0 Å². The smallest absolute Gasteiger partial charge is 0.326 e. The molecule has 1 rings (SSSR count). The van der Waals surface area contributed by atoms with Crippen LogP contribution in [0.15, 0.2) is 18.2 Å². The topological polar surface area (TPSA) is 66.4 Å². The van der Waals surface area contributed by atoms with E-state index in [1.54, 1.807) is 13.8 Å². The molecule has 1 aromatic carbocycles. The van der Waals surface area contributed by atoms with Gasteiger partial charge in [-0.15, -0.1) is 0 Å². The Labute approximate surface area is 109 Å². The zero-order valence-corrected chi connectivity index (χ0v) is 10.6. The molecule has 0 saturated heterocycles. The van der Waals surface area contributed by atoms with Crippen molar-refractivity contribution in [1.82, 2.24) is 5.32 Å². The Hall–Kier alpha value is -1.98. The molecule has 0 fully saturated rings. The van der Waals surface area contributed by atoms with E-state index in [0.717, 1.165) is 12.1 Å². The lowest BCUT2D eigenvalue weighted by atomic mass is 9.99. The summed E-state index contributed by atoms with van der Waals surface area (Å²) in [4.78, 5) is 22.8. The summed E-state index contributed by atoms with van der Waals surface area (Å²) in [5.74, 6) is -4.06. The molecule has 0 radical (unpaired) electrons. The van der Waals surface area contributed by atoms with Crippen molar-refractivity contribution in [2.45, 2.75) is 26.3 Å². The van der Waals surface area contributed by atoms with Gasteiger partial charge in [0.25, 0.3) is 5.91 Å². The lowest BCUT2D eigenvalue weighted by molar-refractivity contribution is -0.140. The Morgan fingerprint density at radius 3 is 2.21 bits per heavy atom. The normalized spacial score (nSPS) is 13.7. The number of hydrogen-bond acceptors (Lipinski definition) is 2. The van der Waals surface area contributed by atoms with Crippen LogP contribution in [0.1, 0.15) is 30.6 Å². The molecule has 4 nitrogen and oxygen atoms in total. The maximum absolute atomic E-state index is 13.0. The summed E-state index contributed by atoms with van der Waals surface area (Å²) in [5, 5.41) is 11.3. The van der Waals surface area contributed by atoms with E-state index in [9.17, 15) is 18.4 Å². The number of amides is 1. The molecule has 0 aliphatic carbocycles. The highest BCUT2D eigenvalue weighted by Gasteiger charge is 2.26. The van der Waals surface area contributed by atoms with Gasteiger partial charge < -0.3 is 10.4 Å². The summed E-state index contributed by atoms with van der Waals surface area (Å²) >= 11 is 0.